The van der Waals surface area contributed by atoms with Crippen LogP contribution in [0, 0.1) is 0 Å². The molecule has 1 aliphatic heterocycles. The van der Waals surface area contributed by atoms with Crippen LogP contribution in [0.1, 0.15) is 0 Å². The minimum Gasteiger partial charge on any atom is -0.351 e. The van der Waals surface area contributed by atoms with Crippen LogP contribution in [0.3, 0.4) is 0 Å². The van der Waals surface area contributed by atoms with Crippen LogP contribution in [-0.4, -0.2) is 20.0 Å². The van der Waals surface area contributed by atoms with E-state index >= 15 is 0 Å². The summed E-state index contributed by atoms with van der Waals surface area (Å²) in [7, 11) is -0.938. The van der Waals surface area contributed by atoms with Crippen molar-refractivity contribution in [3.63, 3.8) is 0 Å². The largest absolute Gasteiger partial charge is 0.351 e. The Bertz CT molecular complexity index is 262. The van der Waals surface area contributed by atoms with Gasteiger partial charge in [0.25, 0.3) is 0 Å². The molecule has 56 valence electrons. The van der Waals surface area contributed by atoms with Gasteiger partial charge in [-0.3, -0.25) is 0 Å². The molecule has 1 heterocycles. The lowest BCUT2D eigenvalue weighted by atomic mass is 10.8. The Morgan fingerprint density at radius 3 is 2.60 bits per heavy atom. The van der Waals surface area contributed by atoms with E-state index in [1.54, 1.807) is 7.57 Å². The highest BCUT2D eigenvalue weighted by Gasteiger charge is 2.08. The zero-order valence-corrected chi connectivity index (χ0v) is 9.47. The van der Waals surface area contributed by atoms with Crippen molar-refractivity contribution in [1.29, 1.82) is 0 Å². The second-order valence-corrected chi connectivity index (χ2v) is 9.15. The molecular weight excluding hydrogens is 205 g/mol. The first kappa shape index (κ1) is 9.22. The van der Waals surface area contributed by atoms with Gasteiger partial charge >= 0.3 is 0 Å². The van der Waals surface area contributed by atoms with E-state index in [4.69, 9.17) is 0 Å². The maximum Gasteiger partial charge on any atom is 0.217 e. The summed E-state index contributed by atoms with van der Waals surface area (Å²) in [6, 6.07) is 0. The minimum absolute atomic E-state index is 1.02. The van der Waals surface area contributed by atoms with E-state index in [0.717, 1.165) is 0 Å². The van der Waals surface area contributed by atoms with Crippen LogP contribution >= 0.6 is 34.4 Å². The Hall–Kier alpha value is 1.13. The first-order valence-corrected chi connectivity index (χ1v) is 9.34. The maximum absolute atomic E-state index is 9.44. The summed E-state index contributed by atoms with van der Waals surface area (Å²) in [4.78, 5) is 9.44. The van der Waals surface area contributed by atoms with Gasteiger partial charge in [-0.05, 0) is 0 Å². The van der Waals surface area contributed by atoms with Crippen molar-refractivity contribution in [3.05, 3.63) is 0 Å². The van der Waals surface area contributed by atoms with Crippen molar-refractivity contribution < 1.29 is 4.89 Å². The highest BCUT2D eigenvalue weighted by molar-refractivity contribution is 8.42. The van der Waals surface area contributed by atoms with E-state index in [1.807, 2.05) is 7.57 Å². The van der Waals surface area contributed by atoms with Crippen molar-refractivity contribution in [3.8, 4) is 0 Å². The van der Waals surface area contributed by atoms with Gasteiger partial charge in [-0.15, -0.1) is 12.2 Å². The zero-order valence-electron chi connectivity index (χ0n) is 5.68. The van der Waals surface area contributed by atoms with Crippen LogP contribution in [0.15, 0.2) is 13.5 Å². The summed E-state index contributed by atoms with van der Waals surface area (Å²) in [5, 5.41) is 0. The summed E-state index contributed by atoms with van der Waals surface area (Å²) >= 11 is 4.14. The first-order valence-electron chi connectivity index (χ1n) is 2.67. The third-order valence-corrected chi connectivity index (χ3v) is 9.58. The van der Waals surface area contributed by atoms with E-state index in [2.05, 4.69) is 25.8 Å². The molecule has 0 saturated heterocycles. The third-order valence-electron chi connectivity index (χ3n) is 0.875. The fourth-order valence-corrected chi connectivity index (χ4v) is 9.93. The Balaban J connectivity index is 3.15. The van der Waals surface area contributed by atoms with Crippen LogP contribution in [0.25, 0.3) is 0 Å². The number of rotatable bonds is 0. The molecule has 1 aliphatic rings. The quantitative estimate of drug-likeness (QED) is 0.345. The Labute approximate surface area is 68.3 Å². The van der Waals surface area contributed by atoms with E-state index in [0.29, 0.717) is 0 Å². The molecule has 4 nitrogen and oxygen atoms in total. The third kappa shape index (κ3) is 2.64. The highest BCUT2D eigenvalue weighted by atomic mass is 32.7. The van der Waals surface area contributed by atoms with Gasteiger partial charge in [0.05, 0.1) is 0 Å². The standard InChI is InChI=1S/B2H8N3OP3S/c1-7-3-8(10)5-9(2,6)4-7/h6-8H,1-2H2,(H,3,4,10). The van der Waals surface area contributed by atoms with Gasteiger partial charge < -0.3 is 4.89 Å². The van der Waals surface area contributed by atoms with Gasteiger partial charge in [0.1, 0.15) is 14.4 Å². The predicted octanol–water partition coefficient (Wildman–Crippen LogP) is 0.590. The maximum atomic E-state index is 9.44. The molecule has 0 bridgehead atoms. The van der Waals surface area contributed by atoms with Crippen molar-refractivity contribution >= 4 is 49.5 Å². The SMILES string of the molecule is B[PH]1=NP(B)(O)=N[PH](S)=N1. The lowest BCUT2D eigenvalue weighted by Crippen LogP contribution is -1.71. The van der Waals surface area contributed by atoms with Gasteiger partial charge in [0.15, 0.2) is 7.57 Å². The Morgan fingerprint density at radius 1 is 1.60 bits per heavy atom. The van der Waals surface area contributed by atoms with E-state index in [1.165, 1.54) is 0 Å². The van der Waals surface area contributed by atoms with Gasteiger partial charge in [0, 0.05) is 7.74 Å². The molecule has 0 spiro atoms. The van der Waals surface area contributed by atoms with Gasteiger partial charge in [-0.1, -0.05) is 0 Å². The lowest BCUT2D eigenvalue weighted by molar-refractivity contribution is 0.632. The second-order valence-electron chi connectivity index (χ2n) is 2.03. The Morgan fingerprint density at radius 2 is 2.20 bits per heavy atom. The normalized spacial score (nSPS) is 46.6. The molecule has 0 fully saturated rings. The first-order chi connectivity index (χ1) is 4.49. The molecule has 10 heteroatoms. The molecule has 0 aromatic heterocycles. The monoisotopic (exact) mass is 213 g/mol. The number of hydrogen-bond donors (Lipinski definition) is 2. The zero-order chi connectivity index (χ0) is 7.78. The molecule has 0 aliphatic carbocycles. The fraction of sp³-hybridized carbons (Fsp3) is 0. The van der Waals surface area contributed by atoms with E-state index in [-0.39, 0.29) is 0 Å². The summed E-state index contributed by atoms with van der Waals surface area (Å²) in [6.45, 7) is 0. The topological polar surface area (TPSA) is 57.3 Å². The lowest BCUT2D eigenvalue weighted by Gasteiger charge is -2.13. The number of hydrogen-bond acceptors (Lipinski definition) is 3. The van der Waals surface area contributed by atoms with Crippen molar-refractivity contribution in [1.82, 2.24) is 0 Å². The average molecular weight is 213 g/mol. The van der Waals surface area contributed by atoms with Crippen molar-refractivity contribution in [2.75, 3.05) is 0 Å². The molecule has 3 unspecified atom stereocenters. The van der Waals surface area contributed by atoms with Crippen molar-refractivity contribution in [2.24, 2.45) is 13.5 Å². The number of thiol groups is 1. The smallest absolute Gasteiger partial charge is 0.217 e. The van der Waals surface area contributed by atoms with E-state index < -0.39 is 22.1 Å². The van der Waals surface area contributed by atoms with Gasteiger partial charge in [-0.2, -0.15) is 0 Å². The molecule has 0 radical (unpaired) electrons. The molecule has 0 aromatic carbocycles. The van der Waals surface area contributed by atoms with Crippen LogP contribution in [0.2, 0.25) is 0 Å². The summed E-state index contributed by atoms with van der Waals surface area (Å²) in [5.74, 6) is 0. The predicted molar refractivity (Wildman–Crippen MR) is 59.1 cm³/mol. The molecule has 3 atom stereocenters. The summed E-state index contributed by atoms with van der Waals surface area (Å²) < 4.78 is 12.2. The molecular formula is H8B2N3OP3S. The Kier molecular flexibility index (Phi) is 2.99. The van der Waals surface area contributed by atoms with Gasteiger partial charge in [0.2, 0.25) is 7.57 Å². The number of nitrogens with zero attached hydrogens (tertiary/aromatic N) is 3. The molecule has 0 aromatic rings. The highest BCUT2D eigenvalue weighted by Crippen LogP contribution is 2.60. The molecule has 0 amide bonds. The van der Waals surface area contributed by atoms with Crippen LogP contribution in [0.5, 0.6) is 0 Å². The van der Waals surface area contributed by atoms with Gasteiger partial charge in [-0.25, -0.2) is 13.5 Å². The summed E-state index contributed by atoms with van der Waals surface area (Å²) in [6.07, 6.45) is 0. The average Bonchev–Trinajstić information content (AvgIpc) is 1.54. The molecule has 1 rings (SSSR count). The molecule has 0 saturated carbocycles. The fourth-order valence-electron chi connectivity index (χ4n) is 0.655. The molecule has 10 heavy (non-hydrogen) atoms. The van der Waals surface area contributed by atoms with Crippen molar-refractivity contribution in [2.45, 2.75) is 0 Å². The minimum atomic E-state index is -2.28. The second kappa shape index (κ2) is 3.25. The van der Waals surface area contributed by atoms with Crippen LogP contribution in [0.4, 0.5) is 0 Å². The van der Waals surface area contributed by atoms with Crippen LogP contribution < -0.4 is 0 Å². The molecule has 1 N–H and O–H groups in total. The summed E-state index contributed by atoms with van der Waals surface area (Å²) in [5.41, 5.74) is 0. The van der Waals surface area contributed by atoms with Crippen LogP contribution in [-0.2, 0) is 0 Å². The van der Waals surface area contributed by atoms with E-state index in [9.17, 15) is 4.89 Å².